The normalized spacial score (nSPS) is 11.6. The van der Waals surface area contributed by atoms with Crippen LogP contribution in [-0.4, -0.2) is 53.7 Å². The van der Waals surface area contributed by atoms with Crippen LogP contribution in [0.15, 0.2) is 0 Å². The first-order valence-corrected chi connectivity index (χ1v) is 6.91. The van der Waals surface area contributed by atoms with Crippen molar-refractivity contribution < 1.29 is 19.1 Å². The molecule has 0 rings (SSSR count). The monoisotopic (exact) mass is 293 g/mol. The van der Waals surface area contributed by atoms with Crippen molar-refractivity contribution in [1.29, 1.82) is 0 Å². The molecule has 104 valence electrons. The van der Waals surface area contributed by atoms with E-state index in [-0.39, 0.29) is 19.6 Å². The summed E-state index contributed by atoms with van der Waals surface area (Å²) in [6.07, 6.45) is -0.0364. The molecule has 18 heavy (non-hydrogen) atoms. The molecule has 0 bridgehead atoms. The molecule has 0 radical (unpaired) electrons. The Hall–Kier alpha value is -0.820. The second-order valence-corrected chi connectivity index (χ2v) is 5.36. The number of rotatable bonds is 6. The van der Waals surface area contributed by atoms with E-state index in [1.807, 2.05) is 0 Å². The zero-order chi connectivity index (χ0) is 14.1. The van der Waals surface area contributed by atoms with Crippen molar-refractivity contribution in [2.75, 3.05) is 27.3 Å². The van der Waals surface area contributed by atoms with Gasteiger partial charge in [0.05, 0.1) is 19.6 Å². The third kappa shape index (κ3) is 6.80. The van der Waals surface area contributed by atoms with Crippen molar-refractivity contribution in [3.63, 3.8) is 0 Å². The van der Waals surface area contributed by atoms with E-state index in [9.17, 15) is 9.59 Å². The zero-order valence-electron chi connectivity index (χ0n) is 11.1. The van der Waals surface area contributed by atoms with Gasteiger partial charge in [0.25, 0.3) is 0 Å². The van der Waals surface area contributed by atoms with Crippen molar-refractivity contribution in [1.82, 2.24) is 4.90 Å². The van der Waals surface area contributed by atoms with Crippen LogP contribution in [0.5, 0.6) is 0 Å². The Kier molecular flexibility index (Phi) is 8.74. The number of thiocarbonyl (C=S) groups is 1. The van der Waals surface area contributed by atoms with Crippen molar-refractivity contribution in [2.24, 2.45) is 0 Å². The fourth-order valence-corrected chi connectivity index (χ4v) is 2.19. The second kappa shape index (κ2) is 9.16. The van der Waals surface area contributed by atoms with Crippen LogP contribution >= 0.6 is 24.0 Å². The Morgan fingerprint density at radius 3 is 2.22 bits per heavy atom. The summed E-state index contributed by atoms with van der Waals surface area (Å²) >= 11 is 6.24. The number of nitrogens with zero attached hydrogens (tertiary/aromatic N) is 1. The number of esters is 2. The molecule has 0 heterocycles. The highest BCUT2D eigenvalue weighted by molar-refractivity contribution is 8.23. The van der Waals surface area contributed by atoms with Crippen LogP contribution in [0.2, 0.25) is 0 Å². The first-order chi connectivity index (χ1) is 8.42. The summed E-state index contributed by atoms with van der Waals surface area (Å²) in [6, 6.07) is 0. The van der Waals surface area contributed by atoms with Gasteiger partial charge in [-0.15, -0.1) is 0 Å². The fourth-order valence-electron chi connectivity index (χ4n) is 1.01. The van der Waals surface area contributed by atoms with Gasteiger partial charge in [-0.2, -0.15) is 0 Å². The van der Waals surface area contributed by atoms with E-state index in [0.717, 1.165) is 11.8 Å². The summed E-state index contributed by atoms with van der Waals surface area (Å²) in [6.45, 7) is 3.99. The first-order valence-electron chi connectivity index (χ1n) is 5.62. The lowest BCUT2D eigenvalue weighted by Gasteiger charge is -2.18. The van der Waals surface area contributed by atoms with Crippen molar-refractivity contribution in [3.05, 3.63) is 0 Å². The molecule has 0 aromatic rings. The molecule has 0 aliphatic carbocycles. The number of ether oxygens (including phenoxy) is 2. The highest BCUT2D eigenvalue weighted by Crippen LogP contribution is 2.20. The standard InChI is InChI=1S/C11H19NO4S2/c1-5-15-9(13)7-8(10(14)16-6-2)18-11(17)12(3)4/h8H,5-7H2,1-4H3. The number of carbonyl (C=O) groups excluding carboxylic acids is 2. The lowest BCUT2D eigenvalue weighted by molar-refractivity contribution is -0.149. The van der Waals surface area contributed by atoms with E-state index in [1.165, 1.54) is 0 Å². The van der Waals surface area contributed by atoms with Gasteiger partial charge in [-0.25, -0.2) is 0 Å². The maximum absolute atomic E-state index is 11.7. The Bertz CT molecular complexity index is 307. The van der Waals surface area contributed by atoms with E-state index in [0.29, 0.717) is 4.32 Å². The fraction of sp³-hybridized carbons (Fsp3) is 0.727. The first kappa shape index (κ1) is 17.2. The SMILES string of the molecule is CCOC(=O)CC(SC(=S)N(C)C)C(=O)OCC. The minimum Gasteiger partial charge on any atom is -0.466 e. The molecule has 0 N–H and O–H groups in total. The second-order valence-electron chi connectivity index (χ2n) is 3.53. The average Bonchev–Trinajstić information content (AvgIpc) is 2.28. The maximum atomic E-state index is 11.7. The molecule has 5 nitrogen and oxygen atoms in total. The summed E-state index contributed by atoms with van der Waals surface area (Å²) in [5.74, 6) is -0.871. The van der Waals surface area contributed by atoms with E-state index in [1.54, 1.807) is 32.8 Å². The summed E-state index contributed by atoms with van der Waals surface area (Å²) in [5.41, 5.74) is 0. The summed E-state index contributed by atoms with van der Waals surface area (Å²) in [7, 11) is 3.56. The highest BCUT2D eigenvalue weighted by Gasteiger charge is 2.26. The van der Waals surface area contributed by atoms with Gasteiger partial charge < -0.3 is 14.4 Å². The Morgan fingerprint density at radius 2 is 1.78 bits per heavy atom. The van der Waals surface area contributed by atoms with Crippen molar-refractivity contribution in [2.45, 2.75) is 25.5 Å². The molecule has 1 atom stereocenters. The van der Waals surface area contributed by atoms with Gasteiger partial charge in [-0.1, -0.05) is 24.0 Å². The Balaban J connectivity index is 4.56. The number of hydrogen-bond donors (Lipinski definition) is 0. The predicted molar refractivity (Wildman–Crippen MR) is 75.5 cm³/mol. The lowest BCUT2D eigenvalue weighted by atomic mass is 10.3. The van der Waals surface area contributed by atoms with Gasteiger partial charge in [0.15, 0.2) is 0 Å². The van der Waals surface area contributed by atoms with Gasteiger partial charge >= 0.3 is 11.9 Å². The molecular weight excluding hydrogens is 274 g/mol. The number of thioether (sulfide) groups is 1. The molecule has 0 aromatic heterocycles. The molecule has 0 aromatic carbocycles. The highest BCUT2D eigenvalue weighted by atomic mass is 32.2. The van der Waals surface area contributed by atoms with Crippen LogP contribution in [0.1, 0.15) is 20.3 Å². The van der Waals surface area contributed by atoms with E-state index in [2.05, 4.69) is 0 Å². The minimum atomic E-state index is -0.654. The molecule has 0 fully saturated rings. The van der Waals surface area contributed by atoms with Crippen molar-refractivity contribution >= 4 is 40.2 Å². The molecule has 0 saturated carbocycles. The van der Waals surface area contributed by atoms with Gasteiger partial charge in [0, 0.05) is 14.1 Å². The molecule has 0 amide bonds. The smallest absolute Gasteiger partial charge is 0.320 e. The Labute approximate surface area is 117 Å². The van der Waals surface area contributed by atoms with Gasteiger partial charge in [0.2, 0.25) is 0 Å². The van der Waals surface area contributed by atoms with E-state index in [4.69, 9.17) is 21.7 Å². The van der Waals surface area contributed by atoms with Crippen LogP contribution in [0, 0.1) is 0 Å². The zero-order valence-corrected chi connectivity index (χ0v) is 12.7. The molecule has 0 aliphatic heterocycles. The number of hydrogen-bond acceptors (Lipinski definition) is 6. The molecule has 1 unspecified atom stereocenters. The number of carbonyl (C=O) groups is 2. The molecule has 0 aliphatic rings. The summed E-state index contributed by atoms with van der Waals surface area (Å²) in [5, 5.41) is -0.654. The van der Waals surface area contributed by atoms with Gasteiger partial charge in [-0.05, 0) is 13.8 Å². The van der Waals surface area contributed by atoms with Gasteiger partial charge in [0.1, 0.15) is 9.57 Å². The van der Waals surface area contributed by atoms with E-state index >= 15 is 0 Å². The van der Waals surface area contributed by atoms with Crippen LogP contribution in [0.25, 0.3) is 0 Å². The average molecular weight is 293 g/mol. The topological polar surface area (TPSA) is 55.8 Å². The molecule has 0 saturated heterocycles. The minimum absolute atomic E-state index is 0.0364. The molecule has 0 spiro atoms. The molecular formula is C11H19NO4S2. The third-order valence-corrected chi connectivity index (χ3v) is 3.68. The van der Waals surface area contributed by atoms with Crippen molar-refractivity contribution in [3.8, 4) is 0 Å². The Morgan fingerprint density at radius 1 is 1.22 bits per heavy atom. The van der Waals surface area contributed by atoms with Gasteiger partial charge in [-0.3, -0.25) is 9.59 Å². The molecule has 7 heteroatoms. The van der Waals surface area contributed by atoms with Crippen LogP contribution in [0.3, 0.4) is 0 Å². The third-order valence-electron chi connectivity index (χ3n) is 1.82. The van der Waals surface area contributed by atoms with Crippen LogP contribution in [-0.2, 0) is 19.1 Å². The lowest BCUT2D eigenvalue weighted by Crippen LogP contribution is -2.28. The maximum Gasteiger partial charge on any atom is 0.320 e. The van der Waals surface area contributed by atoms with Crippen LogP contribution < -0.4 is 0 Å². The summed E-state index contributed by atoms with van der Waals surface area (Å²) < 4.78 is 10.3. The quantitative estimate of drug-likeness (QED) is 0.542. The van der Waals surface area contributed by atoms with E-state index < -0.39 is 17.2 Å². The predicted octanol–water partition coefficient (Wildman–Crippen LogP) is 1.45. The summed E-state index contributed by atoms with van der Waals surface area (Å²) in [4.78, 5) is 24.8. The largest absolute Gasteiger partial charge is 0.466 e. The van der Waals surface area contributed by atoms with Crippen LogP contribution in [0.4, 0.5) is 0 Å².